The molecule has 104 valence electrons. The van der Waals surface area contributed by atoms with Gasteiger partial charge in [-0.1, -0.05) is 24.9 Å². The van der Waals surface area contributed by atoms with Crippen molar-refractivity contribution in [3.8, 4) is 11.5 Å². The fraction of sp³-hybridized carbons (Fsp3) is 0.333. The Morgan fingerprint density at radius 3 is 2.84 bits per heavy atom. The van der Waals surface area contributed by atoms with E-state index >= 15 is 0 Å². The lowest BCUT2D eigenvalue weighted by molar-refractivity contribution is 0.404. The van der Waals surface area contributed by atoms with E-state index in [9.17, 15) is 10.2 Å². The molecule has 0 unspecified atom stereocenters. The summed E-state index contributed by atoms with van der Waals surface area (Å²) in [6, 6.07) is 2.83. The number of hydrogen-bond donors (Lipinski definition) is 4. The molecule has 19 heavy (non-hydrogen) atoms. The van der Waals surface area contributed by atoms with E-state index in [1.165, 1.54) is 18.3 Å². The summed E-state index contributed by atoms with van der Waals surface area (Å²) in [6.45, 7) is 2.89. The molecule has 0 heterocycles. The van der Waals surface area contributed by atoms with Crippen LogP contribution in [0.1, 0.15) is 25.3 Å². The Bertz CT molecular complexity index is 457. The van der Waals surface area contributed by atoms with Crippen molar-refractivity contribution in [1.82, 2.24) is 10.7 Å². The van der Waals surface area contributed by atoms with Gasteiger partial charge in [-0.25, -0.2) is 0 Å². The normalized spacial score (nSPS) is 10.6. The second-order valence-electron chi connectivity index (χ2n) is 3.85. The van der Waals surface area contributed by atoms with Crippen molar-refractivity contribution in [2.75, 3.05) is 6.54 Å². The Kier molecular flexibility index (Phi) is 6.38. The molecule has 1 aromatic carbocycles. The molecule has 0 amide bonds. The van der Waals surface area contributed by atoms with Gasteiger partial charge in [0.25, 0.3) is 0 Å². The molecule has 4 N–H and O–H groups in total. The smallest absolute Gasteiger partial charge is 0.186 e. The maximum atomic E-state index is 9.38. The molecule has 0 fully saturated rings. The molecule has 0 radical (unpaired) electrons. The fourth-order valence-corrected chi connectivity index (χ4v) is 1.64. The average molecular weight is 302 g/mol. The number of hydrogen-bond acceptors (Lipinski definition) is 4. The third kappa shape index (κ3) is 5.32. The van der Waals surface area contributed by atoms with Crippen LogP contribution in [0.15, 0.2) is 17.2 Å². The van der Waals surface area contributed by atoms with E-state index in [4.69, 9.17) is 23.8 Å². The molecule has 0 aliphatic heterocycles. The highest BCUT2D eigenvalue weighted by molar-refractivity contribution is 7.80. The van der Waals surface area contributed by atoms with Gasteiger partial charge in [-0.05, 0) is 36.3 Å². The zero-order valence-electron chi connectivity index (χ0n) is 10.5. The summed E-state index contributed by atoms with van der Waals surface area (Å²) in [5, 5.41) is 26.1. The standard InChI is InChI=1S/C12H16ClN3O2S/c1-2-3-4-14-12(19)16-15-7-8-5-9(13)11(18)10(17)6-8/h5-7,17-18H,2-4H2,1H3,(H2,14,16,19)/b15-7+. The van der Waals surface area contributed by atoms with E-state index in [-0.39, 0.29) is 16.5 Å². The van der Waals surface area contributed by atoms with Crippen LogP contribution >= 0.6 is 23.8 Å². The number of benzene rings is 1. The second kappa shape index (κ2) is 7.81. The molecule has 0 atom stereocenters. The number of aromatic hydroxyl groups is 2. The molecule has 0 saturated heterocycles. The minimum absolute atomic E-state index is 0.0603. The molecule has 0 spiro atoms. The van der Waals surface area contributed by atoms with Crippen molar-refractivity contribution in [2.24, 2.45) is 5.10 Å². The van der Waals surface area contributed by atoms with Gasteiger partial charge in [-0.3, -0.25) is 5.43 Å². The van der Waals surface area contributed by atoms with Gasteiger partial charge in [0.2, 0.25) is 0 Å². The molecular weight excluding hydrogens is 286 g/mol. The van der Waals surface area contributed by atoms with Crippen LogP contribution in [0.3, 0.4) is 0 Å². The lowest BCUT2D eigenvalue weighted by atomic mass is 10.2. The monoisotopic (exact) mass is 301 g/mol. The van der Waals surface area contributed by atoms with Gasteiger partial charge in [0.15, 0.2) is 16.6 Å². The number of unbranched alkanes of at least 4 members (excludes halogenated alkanes) is 1. The topological polar surface area (TPSA) is 76.9 Å². The maximum Gasteiger partial charge on any atom is 0.186 e. The molecular formula is C12H16ClN3O2S. The summed E-state index contributed by atoms with van der Waals surface area (Å²) in [5.41, 5.74) is 3.19. The van der Waals surface area contributed by atoms with Crippen LogP contribution in [-0.2, 0) is 0 Å². The van der Waals surface area contributed by atoms with Crippen molar-refractivity contribution in [1.29, 1.82) is 0 Å². The average Bonchev–Trinajstić information content (AvgIpc) is 2.36. The van der Waals surface area contributed by atoms with Gasteiger partial charge in [0.1, 0.15) is 0 Å². The minimum atomic E-state index is -0.344. The molecule has 1 rings (SSSR count). The summed E-state index contributed by atoms with van der Waals surface area (Å²) in [4.78, 5) is 0. The predicted molar refractivity (Wildman–Crippen MR) is 81.0 cm³/mol. The van der Waals surface area contributed by atoms with Gasteiger partial charge in [0.05, 0.1) is 11.2 Å². The van der Waals surface area contributed by atoms with E-state index in [2.05, 4.69) is 22.8 Å². The first-order chi connectivity index (χ1) is 9.04. The Morgan fingerprint density at radius 1 is 1.47 bits per heavy atom. The first kappa shape index (κ1) is 15.5. The molecule has 5 nitrogen and oxygen atoms in total. The van der Waals surface area contributed by atoms with E-state index in [1.807, 2.05) is 0 Å². The number of phenols is 2. The van der Waals surface area contributed by atoms with E-state index in [0.29, 0.717) is 10.7 Å². The van der Waals surface area contributed by atoms with Crippen molar-refractivity contribution < 1.29 is 10.2 Å². The molecule has 7 heteroatoms. The summed E-state index contributed by atoms with van der Waals surface area (Å²) >= 11 is 10.7. The van der Waals surface area contributed by atoms with Gasteiger partial charge in [0, 0.05) is 6.54 Å². The van der Waals surface area contributed by atoms with Crippen molar-refractivity contribution in [2.45, 2.75) is 19.8 Å². The fourth-order valence-electron chi connectivity index (χ4n) is 1.26. The van der Waals surface area contributed by atoms with E-state index in [1.54, 1.807) is 0 Å². The van der Waals surface area contributed by atoms with Crippen molar-refractivity contribution in [3.63, 3.8) is 0 Å². The molecule has 0 saturated carbocycles. The van der Waals surface area contributed by atoms with Crippen LogP contribution in [0, 0.1) is 0 Å². The highest BCUT2D eigenvalue weighted by Crippen LogP contribution is 2.33. The minimum Gasteiger partial charge on any atom is -0.504 e. The zero-order valence-corrected chi connectivity index (χ0v) is 12.1. The quantitative estimate of drug-likeness (QED) is 0.221. The third-order valence-electron chi connectivity index (χ3n) is 2.26. The van der Waals surface area contributed by atoms with E-state index in [0.717, 1.165) is 19.4 Å². The summed E-state index contributed by atoms with van der Waals surface area (Å²) in [5.74, 6) is -0.638. The van der Waals surface area contributed by atoms with Crippen LogP contribution in [-0.4, -0.2) is 28.1 Å². The summed E-state index contributed by atoms with van der Waals surface area (Å²) in [6.07, 6.45) is 3.57. The number of rotatable bonds is 5. The number of nitrogens with zero attached hydrogens (tertiary/aromatic N) is 1. The lowest BCUT2D eigenvalue weighted by Gasteiger charge is -2.05. The molecule has 0 bridgehead atoms. The second-order valence-corrected chi connectivity index (χ2v) is 4.67. The third-order valence-corrected chi connectivity index (χ3v) is 2.78. The van der Waals surface area contributed by atoms with Crippen LogP contribution in [0.4, 0.5) is 0 Å². The molecule has 0 aliphatic rings. The highest BCUT2D eigenvalue weighted by atomic mass is 35.5. The Balaban J connectivity index is 2.51. The zero-order chi connectivity index (χ0) is 14.3. The molecule has 0 aromatic heterocycles. The number of nitrogens with one attached hydrogen (secondary N) is 2. The lowest BCUT2D eigenvalue weighted by Crippen LogP contribution is -2.32. The van der Waals surface area contributed by atoms with Crippen LogP contribution < -0.4 is 10.7 Å². The van der Waals surface area contributed by atoms with Crippen LogP contribution in [0.25, 0.3) is 0 Å². The maximum absolute atomic E-state index is 9.38. The number of phenolic OH excluding ortho intramolecular Hbond substituents is 2. The Labute approximate surface area is 122 Å². The number of halogens is 1. The summed E-state index contributed by atoms with van der Waals surface area (Å²) in [7, 11) is 0. The Morgan fingerprint density at radius 2 is 2.21 bits per heavy atom. The van der Waals surface area contributed by atoms with Gasteiger partial charge in [-0.2, -0.15) is 5.10 Å². The number of hydrazone groups is 1. The Hall–Kier alpha value is -1.53. The van der Waals surface area contributed by atoms with E-state index < -0.39 is 0 Å². The van der Waals surface area contributed by atoms with Gasteiger partial charge < -0.3 is 15.5 Å². The highest BCUT2D eigenvalue weighted by Gasteiger charge is 2.05. The van der Waals surface area contributed by atoms with Gasteiger partial charge in [-0.15, -0.1) is 0 Å². The van der Waals surface area contributed by atoms with Crippen molar-refractivity contribution in [3.05, 3.63) is 22.7 Å². The largest absolute Gasteiger partial charge is 0.504 e. The first-order valence-electron chi connectivity index (χ1n) is 5.83. The summed E-state index contributed by atoms with van der Waals surface area (Å²) < 4.78 is 0. The van der Waals surface area contributed by atoms with Gasteiger partial charge >= 0.3 is 0 Å². The van der Waals surface area contributed by atoms with Crippen LogP contribution in [0.5, 0.6) is 11.5 Å². The SMILES string of the molecule is CCCCNC(=S)N/N=C/c1cc(O)c(O)c(Cl)c1. The number of thiocarbonyl (C=S) groups is 1. The van der Waals surface area contributed by atoms with Crippen molar-refractivity contribution >= 4 is 35.1 Å². The molecule has 0 aliphatic carbocycles. The molecule has 1 aromatic rings. The van der Waals surface area contributed by atoms with Crippen LogP contribution in [0.2, 0.25) is 5.02 Å². The predicted octanol–water partition coefficient (Wildman–Crippen LogP) is 2.35. The first-order valence-corrected chi connectivity index (χ1v) is 6.61.